The lowest BCUT2D eigenvalue weighted by molar-refractivity contribution is 0.0687. The van der Waals surface area contributed by atoms with Crippen LogP contribution in [0.1, 0.15) is 26.5 Å². The molecule has 0 bridgehead atoms. The smallest absolute Gasteiger partial charge is 0.354 e. The Morgan fingerprint density at radius 2 is 2.16 bits per heavy atom. The Morgan fingerprint density at radius 1 is 1.42 bits per heavy atom. The molecular formula is C12H9BrN2O4. The first-order chi connectivity index (χ1) is 9.04. The van der Waals surface area contributed by atoms with Crippen LogP contribution in [0.5, 0.6) is 5.75 Å². The van der Waals surface area contributed by atoms with Crippen LogP contribution in [0, 0.1) is 0 Å². The van der Waals surface area contributed by atoms with Crippen molar-refractivity contribution in [3.05, 3.63) is 46.0 Å². The summed E-state index contributed by atoms with van der Waals surface area (Å²) < 4.78 is 5.78. The molecule has 2 N–H and O–H groups in total. The second kappa shape index (κ2) is 5.23. The van der Waals surface area contributed by atoms with Gasteiger partial charge in [0.05, 0.1) is 19.0 Å². The molecule has 0 atom stereocenters. The number of carboxylic acid groups (broad SMARTS) is 1. The summed E-state index contributed by atoms with van der Waals surface area (Å²) in [5, 5.41) is 8.97. The maximum absolute atomic E-state index is 12.3. The zero-order valence-corrected chi connectivity index (χ0v) is 11.4. The summed E-state index contributed by atoms with van der Waals surface area (Å²) in [5.41, 5.74) is -0.151. The molecule has 19 heavy (non-hydrogen) atoms. The minimum atomic E-state index is -1.24. The third-order valence-electron chi connectivity index (χ3n) is 2.47. The zero-order valence-electron chi connectivity index (χ0n) is 9.81. The summed E-state index contributed by atoms with van der Waals surface area (Å²) in [5.74, 6) is -1.40. The number of nitrogens with zero attached hydrogens (tertiary/aromatic N) is 1. The molecule has 0 unspecified atom stereocenters. The molecular weight excluding hydrogens is 316 g/mol. The topological polar surface area (TPSA) is 92.3 Å². The number of carboxylic acids is 1. The first-order valence-electron chi connectivity index (χ1n) is 5.19. The molecule has 0 saturated heterocycles. The van der Waals surface area contributed by atoms with Crippen molar-refractivity contribution < 1.29 is 19.4 Å². The Morgan fingerprint density at radius 3 is 2.79 bits per heavy atom. The fourth-order valence-electron chi connectivity index (χ4n) is 1.61. The van der Waals surface area contributed by atoms with Gasteiger partial charge in [-0.2, -0.15) is 0 Å². The van der Waals surface area contributed by atoms with E-state index in [1.54, 1.807) is 18.2 Å². The van der Waals surface area contributed by atoms with Crippen molar-refractivity contribution in [1.29, 1.82) is 0 Å². The number of aromatic amines is 1. The Bertz CT molecular complexity index is 651. The summed E-state index contributed by atoms with van der Waals surface area (Å²) in [4.78, 5) is 29.5. The lowest BCUT2D eigenvalue weighted by Crippen LogP contribution is -2.10. The fourth-order valence-corrected chi connectivity index (χ4v) is 1.98. The number of aromatic nitrogens is 2. The van der Waals surface area contributed by atoms with E-state index in [4.69, 9.17) is 9.84 Å². The largest absolute Gasteiger partial charge is 0.496 e. The SMILES string of the molecule is COc1ccc(Br)cc1C(=O)c1nc[nH]c1C(=O)O. The molecule has 0 aliphatic rings. The van der Waals surface area contributed by atoms with Crippen molar-refractivity contribution in [2.45, 2.75) is 0 Å². The third-order valence-corrected chi connectivity index (χ3v) is 2.97. The molecule has 0 saturated carbocycles. The number of aromatic carboxylic acids is 1. The van der Waals surface area contributed by atoms with E-state index in [9.17, 15) is 9.59 Å². The summed E-state index contributed by atoms with van der Waals surface area (Å²) in [7, 11) is 1.43. The number of nitrogens with one attached hydrogen (secondary N) is 1. The number of methoxy groups -OCH3 is 1. The van der Waals surface area contributed by atoms with Gasteiger partial charge in [-0.15, -0.1) is 0 Å². The van der Waals surface area contributed by atoms with Gasteiger partial charge in [0.25, 0.3) is 0 Å². The fraction of sp³-hybridized carbons (Fsp3) is 0.0833. The number of rotatable bonds is 4. The maximum atomic E-state index is 12.3. The molecule has 98 valence electrons. The molecule has 2 aromatic rings. The Kier molecular flexibility index (Phi) is 3.66. The van der Waals surface area contributed by atoms with E-state index < -0.39 is 11.8 Å². The van der Waals surface area contributed by atoms with Crippen molar-refractivity contribution in [3.8, 4) is 5.75 Å². The number of ether oxygens (including phenoxy) is 1. The standard InChI is InChI=1S/C12H9BrN2O4/c1-19-8-3-2-6(13)4-7(8)11(16)9-10(12(17)18)15-5-14-9/h2-5H,1H3,(H,14,15)(H,17,18). The second-order valence-electron chi connectivity index (χ2n) is 3.61. The number of carbonyl (C=O) groups is 2. The van der Waals surface area contributed by atoms with Crippen LogP contribution in [0.25, 0.3) is 0 Å². The van der Waals surface area contributed by atoms with Crippen LogP contribution >= 0.6 is 15.9 Å². The predicted octanol–water partition coefficient (Wildman–Crippen LogP) is 2.11. The van der Waals surface area contributed by atoms with Gasteiger partial charge in [-0.05, 0) is 18.2 Å². The van der Waals surface area contributed by atoms with E-state index in [1.807, 2.05) is 0 Å². The maximum Gasteiger partial charge on any atom is 0.354 e. The van der Waals surface area contributed by atoms with Gasteiger partial charge in [-0.3, -0.25) is 4.79 Å². The summed E-state index contributed by atoms with van der Waals surface area (Å²) in [6, 6.07) is 4.89. The van der Waals surface area contributed by atoms with Crippen molar-refractivity contribution in [1.82, 2.24) is 9.97 Å². The van der Waals surface area contributed by atoms with Gasteiger partial charge in [-0.1, -0.05) is 15.9 Å². The summed E-state index contributed by atoms with van der Waals surface area (Å²) in [6.45, 7) is 0. The van der Waals surface area contributed by atoms with Gasteiger partial charge < -0.3 is 14.8 Å². The molecule has 6 nitrogen and oxygen atoms in total. The normalized spacial score (nSPS) is 10.2. The number of hydrogen-bond donors (Lipinski definition) is 2. The minimum Gasteiger partial charge on any atom is -0.496 e. The average Bonchev–Trinajstić information content (AvgIpc) is 2.87. The van der Waals surface area contributed by atoms with Gasteiger partial charge >= 0.3 is 5.97 Å². The number of imidazole rings is 1. The zero-order chi connectivity index (χ0) is 14.0. The van der Waals surface area contributed by atoms with E-state index in [1.165, 1.54) is 13.4 Å². The summed E-state index contributed by atoms with van der Waals surface area (Å²) >= 11 is 3.25. The molecule has 1 aromatic carbocycles. The molecule has 0 fully saturated rings. The second-order valence-corrected chi connectivity index (χ2v) is 4.52. The van der Waals surface area contributed by atoms with Gasteiger partial charge in [-0.25, -0.2) is 9.78 Å². The van der Waals surface area contributed by atoms with E-state index >= 15 is 0 Å². The van der Waals surface area contributed by atoms with E-state index in [0.717, 1.165) is 0 Å². The number of H-pyrrole nitrogens is 1. The van der Waals surface area contributed by atoms with Crippen LogP contribution in [-0.2, 0) is 0 Å². The highest BCUT2D eigenvalue weighted by Crippen LogP contribution is 2.25. The van der Waals surface area contributed by atoms with Crippen LogP contribution in [-0.4, -0.2) is 33.9 Å². The summed E-state index contributed by atoms with van der Waals surface area (Å²) in [6.07, 6.45) is 1.17. The Hall–Kier alpha value is -2.15. The van der Waals surface area contributed by atoms with Crippen molar-refractivity contribution in [2.75, 3.05) is 7.11 Å². The minimum absolute atomic E-state index is 0.149. The van der Waals surface area contributed by atoms with Crippen molar-refractivity contribution in [3.63, 3.8) is 0 Å². The molecule has 7 heteroatoms. The molecule has 0 aliphatic heterocycles. The Labute approximate surface area is 116 Å². The first kappa shape index (κ1) is 13.3. The molecule has 1 heterocycles. The lowest BCUT2D eigenvalue weighted by Gasteiger charge is -2.07. The van der Waals surface area contributed by atoms with Gasteiger partial charge in [0.15, 0.2) is 5.69 Å². The van der Waals surface area contributed by atoms with Crippen LogP contribution in [0.2, 0.25) is 0 Å². The van der Waals surface area contributed by atoms with Crippen molar-refractivity contribution >= 4 is 27.7 Å². The van der Waals surface area contributed by atoms with Crippen LogP contribution < -0.4 is 4.74 Å². The number of ketones is 1. The highest BCUT2D eigenvalue weighted by molar-refractivity contribution is 9.10. The van der Waals surface area contributed by atoms with E-state index in [2.05, 4.69) is 25.9 Å². The van der Waals surface area contributed by atoms with Crippen LogP contribution in [0.4, 0.5) is 0 Å². The van der Waals surface area contributed by atoms with Crippen LogP contribution in [0.15, 0.2) is 29.0 Å². The molecule has 1 aromatic heterocycles. The number of halogens is 1. The third kappa shape index (κ3) is 2.50. The molecule has 0 radical (unpaired) electrons. The molecule has 0 aliphatic carbocycles. The van der Waals surface area contributed by atoms with Gasteiger partial charge in [0.1, 0.15) is 11.4 Å². The predicted molar refractivity (Wildman–Crippen MR) is 69.7 cm³/mol. The lowest BCUT2D eigenvalue weighted by atomic mass is 10.1. The van der Waals surface area contributed by atoms with Gasteiger partial charge in [0.2, 0.25) is 5.78 Å². The number of benzene rings is 1. The molecule has 0 amide bonds. The number of carbonyl (C=O) groups excluding carboxylic acids is 1. The molecule has 2 rings (SSSR count). The molecule has 0 spiro atoms. The van der Waals surface area contributed by atoms with Gasteiger partial charge in [0, 0.05) is 4.47 Å². The van der Waals surface area contributed by atoms with Crippen LogP contribution in [0.3, 0.4) is 0 Å². The first-order valence-corrected chi connectivity index (χ1v) is 5.98. The Balaban J connectivity index is 2.52. The van der Waals surface area contributed by atoms with E-state index in [0.29, 0.717) is 10.2 Å². The van der Waals surface area contributed by atoms with Crippen molar-refractivity contribution in [2.24, 2.45) is 0 Å². The quantitative estimate of drug-likeness (QED) is 0.840. The number of hydrogen-bond acceptors (Lipinski definition) is 4. The highest BCUT2D eigenvalue weighted by atomic mass is 79.9. The monoisotopic (exact) mass is 324 g/mol. The average molecular weight is 325 g/mol. The highest BCUT2D eigenvalue weighted by Gasteiger charge is 2.23. The van der Waals surface area contributed by atoms with E-state index in [-0.39, 0.29) is 17.0 Å².